The van der Waals surface area contributed by atoms with Gasteiger partial charge in [0.1, 0.15) is 10.7 Å². The number of nitrogens with two attached hydrogens (primary N) is 1. The van der Waals surface area contributed by atoms with E-state index in [-0.39, 0.29) is 28.6 Å². The fraction of sp³-hybridized carbons (Fsp3) is 0.200. The lowest BCUT2D eigenvalue weighted by molar-refractivity contribution is 0.582. The van der Waals surface area contributed by atoms with Gasteiger partial charge in [-0.2, -0.15) is 0 Å². The Bertz CT molecular complexity index is 566. The first-order valence-electron chi connectivity index (χ1n) is 4.56. The number of terminal acetylenes is 1. The van der Waals surface area contributed by atoms with Crippen molar-refractivity contribution >= 4 is 27.3 Å². The lowest BCUT2D eigenvalue weighted by Gasteiger charge is -2.08. The predicted molar refractivity (Wildman–Crippen MR) is 64.5 cm³/mol. The normalized spacial score (nSPS) is 11.1. The third-order valence-corrected chi connectivity index (χ3v) is 3.83. The summed E-state index contributed by atoms with van der Waals surface area (Å²) in [6.07, 6.45) is 5.23. The summed E-state index contributed by atoms with van der Waals surface area (Å²) in [4.78, 5) is -0.268. The number of nitrogens with one attached hydrogen (secondary N) is 1. The largest absolute Gasteiger partial charge is 0.396 e. The molecule has 0 heterocycles. The van der Waals surface area contributed by atoms with Gasteiger partial charge in [0.25, 0.3) is 0 Å². The number of hydrogen-bond acceptors (Lipinski definition) is 3. The summed E-state index contributed by atoms with van der Waals surface area (Å²) >= 11 is 5.64. The van der Waals surface area contributed by atoms with Gasteiger partial charge in [-0.1, -0.05) is 11.6 Å². The van der Waals surface area contributed by atoms with E-state index in [1.54, 1.807) is 0 Å². The van der Waals surface area contributed by atoms with Crippen molar-refractivity contribution in [3.63, 3.8) is 0 Å². The molecule has 0 aliphatic carbocycles. The molecule has 1 aromatic carbocycles. The molecule has 0 amide bonds. The second-order valence-corrected chi connectivity index (χ2v) is 5.30. The van der Waals surface area contributed by atoms with Gasteiger partial charge in [-0.15, -0.1) is 12.3 Å². The van der Waals surface area contributed by atoms with Gasteiger partial charge in [-0.05, 0) is 12.1 Å². The summed E-state index contributed by atoms with van der Waals surface area (Å²) in [5.41, 5.74) is 5.00. The van der Waals surface area contributed by atoms with Gasteiger partial charge in [-0.25, -0.2) is 17.5 Å². The molecule has 1 rings (SSSR count). The zero-order chi connectivity index (χ0) is 13.1. The molecule has 0 bridgehead atoms. The molecule has 0 aromatic heterocycles. The van der Waals surface area contributed by atoms with E-state index in [9.17, 15) is 12.8 Å². The maximum absolute atomic E-state index is 13.0. The Morgan fingerprint density at radius 1 is 1.53 bits per heavy atom. The average molecular weight is 277 g/mol. The molecular weight excluding hydrogens is 267 g/mol. The van der Waals surface area contributed by atoms with Crippen molar-refractivity contribution in [1.29, 1.82) is 0 Å². The molecule has 0 saturated carbocycles. The van der Waals surface area contributed by atoms with Crippen LogP contribution in [0.5, 0.6) is 0 Å². The highest BCUT2D eigenvalue weighted by Crippen LogP contribution is 2.25. The lowest BCUT2D eigenvalue weighted by atomic mass is 10.3. The van der Waals surface area contributed by atoms with Crippen molar-refractivity contribution in [1.82, 2.24) is 4.72 Å². The molecule has 4 nitrogen and oxygen atoms in total. The molecule has 7 heteroatoms. The van der Waals surface area contributed by atoms with Gasteiger partial charge >= 0.3 is 0 Å². The van der Waals surface area contributed by atoms with Crippen LogP contribution in [0.3, 0.4) is 0 Å². The molecule has 17 heavy (non-hydrogen) atoms. The minimum atomic E-state index is -3.83. The van der Waals surface area contributed by atoms with E-state index in [1.165, 1.54) is 0 Å². The number of rotatable bonds is 4. The topological polar surface area (TPSA) is 72.2 Å². The van der Waals surface area contributed by atoms with Gasteiger partial charge in [0.2, 0.25) is 10.0 Å². The standard InChI is InChI=1S/C10H10ClFN2O2S/c1-2-3-4-14-17(15,16)10-6-9(13)8(12)5-7(10)11/h1,5-6,14H,3-4,13H2. The van der Waals surface area contributed by atoms with Crippen LogP contribution in [0.1, 0.15) is 6.42 Å². The first-order chi connectivity index (χ1) is 7.88. The highest BCUT2D eigenvalue weighted by atomic mass is 35.5. The lowest BCUT2D eigenvalue weighted by Crippen LogP contribution is -2.25. The third kappa shape index (κ3) is 3.33. The Kier molecular flexibility index (Phi) is 4.34. The summed E-state index contributed by atoms with van der Waals surface area (Å²) in [5, 5.41) is -0.232. The number of hydrogen-bond donors (Lipinski definition) is 2. The van der Waals surface area contributed by atoms with Gasteiger partial charge in [0.05, 0.1) is 10.7 Å². The zero-order valence-corrected chi connectivity index (χ0v) is 10.3. The number of anilines is 1. The van der Waals surface area contributed by atoms with Crippen molar-refractivity contribution in [2.75, 3.05) is 12.3 Å². The van der Waals surface area contributed by atoms with Crippen molar-refractivity contribution < 1.29 is 12.8 Å². The third-order valence-electron chi connectivity index (χ3n) is 1.90. The van der Waals surface area contributed by atoms with Crippen molar-refractivity contribution in [2.24, 2.45) is 0 Å². The first kappa shape index (κ1) is 13.8. The SMILES string of the molecule is C#CCCNS(=O)(=O)c1cc(N)c(F)cc1Cl. The van der Waals surface area contributed by atoms with Crippen LogP contribution < -0.4 is 10.5 Å². The Hall–Kier alpha value is -1.29. The highest BCUT2D eigenvalue weighted by molar-refractivity contribution is 7.89. The summed E-state index contributed by atoms with van der Waals surface area (Å²) in [6, 6.07) is 1.82. The summed E-state index contributed by atoms with van der Waals surface area (Å²) in [5.74, 6) is 1.52. The van der Waals surface area contributed by atoms with Crippen LogP contribution in [0.4, 0.5) is 10.1 Å². The van der Waals surface area contributed by atoms with E-state index in [2.05, 4.69) is 10.6 Å². The van der Waals surface area contributed by atoms with Gasteiger partial charge in [0.15, 0.2) is 0 Å². The Morgan fingerprint density at radius 2 is 2.18 bits per heavy atom. The number of sulfonamides is 1. The predicted octanol–water partition coefficient (Wildman–Crippen LogP) is 1.36. The summed E-state index contributed by atoms with van der Waals surface area (Å²) in [6.45, 7) is 0.0758. The minimum Gasteiger partial charge on any atom is -0.396 e. The Labute approximate surface area is 104 Å². The Morgan fingerprint density at radius 3 is 2.76 bits per heavy atom. The summed E-state index contributed by atoms with van der Waals surface area (Å²) < 4.78 is 38.7. The maximum atomic E-state index is 13.0. The number of nitrogen functional groups attached to an aromatic ring is 1. The number of benzene rings is 1. The zero-order valence-electron chi connectivity index (χ0n) is 8.70. The highest BCUT2D eigenvalue weighted by Gasteiger charge is 2.19. The Balaban J connectivity index is 3.08. The minimum absolute atomic E-state index is 0.0758. The van der Waals surface area contributed by atoms with Crippen LogP contribution >= 0.6 is 11.6 Å². The fourth-order valence-corrected chi connectivity index (χ4v) is 2.67. The molecule has 0 aliphatic heterocycles. The van der Waals surface area contributed by atoms with Crippen molar-refractivity contribution in [3.8, 4) is 12.3 Å². The van der Waals surface area contributed by atoms with E-state index in [1.807, 2.05) is 0 Å². The van der Waals surface area contributed by atoms with Crippen LogP contribution in [0.25, 0.3) is 0 Å². The molecular formula is C10H10ClFN2O2S. The first-order valence-corrected chi connectivity index (χ1v) is 6.42. The summed E-state index contributed by atoms with van der Waals surface area (Å²) in [7, 11) is -3.83. The molecule has 0 fully saturated rings. The second-order valence-electron chi connectivity index (χ2n) is 3.16. The quantitative estimate of drug-likeness (QED) is 0.495. The van der Waals surface area contributed by atoms with E-state index in [0.29, 0.717) is 0 Å². The second kappa shape index (κ2) is 5.36. The van der Waals surface area contributed by atoms with Crippen LogP contribution in [-0.4, -0.2) is 15.0 Å². The average Bonchev–Trinajstić information content (AvgIpc) is 2.23. The molecule has 1 aromatic rings. The van der Waals surface area contributed by atoms with Gasteiger partial charge < -0.3 is 5.73 Å². The van der Waals surface area contributed by atoms with Crippen molar-refractivity contribution in [3.05, 3.63) is 23.0 Å². The molecule has 3 N–H and O–H groups in total. The van der Waals surface area contributed by atoms with Gasteiger partial charge in [0, 0.05) is 13.0 Å². The molecule has 0 aliphatic rings. The smallest absolute Gasteiger partial charge is 0.242 e. The molecule has 0 unspecified atom stereocenters. The van der Waals surface area contributed by atoms with Crippen LogP contribution in [0.15, 0.2) is 17.0 Å². The maximum Gasteiger partial charge on any atom is 0.242 e. The van der Waals surface area contributed by atoms with E-state index < -0.39 is 15.8 Å². The molecule has 0 radical (unpaired) electrons. The van der Waals surface area contributed by atoms with Crippen LogP contribution in [0, 0.1) is 18.2 Å². The van der Waals surface area contributed by atoms with E-state index >= 15 is 0 Å². The molecule has 0 spiro atoms. The molecule has 92 valence electrons. The van der Waals surface area contributed by atoms with E-state index in [0.717, 1.165) is 12.1 Å². The monoisotopic (exact) mass is 276 g/mol. The van der Waals surface area contributed by atoms with E-state index in [4.69, 9.17) is 23.8 Å². The van der Waals surface area contributed by atoms with Crippen LogP contribution in [-0.2, 0) is 10.0 Å². The van der Waals surface area contributed by atoms with Gasteiger partial charge in [-0.3, -0.25) is 0 Å². The fourth-order valence-electron chi connectivity index (χ4n) is 1.09. The molecule has 0 atom stereocenters. The number of halogens is 2. The van der Waals surface area contributed by atoms with Crippen molar-refractivity contribution in [2.45, 2.75) is 11.3 Å². The molecule has 0 saturated heterocycles. The van der Waals surface area contributed by atoms with Crippen LogP contribution in [0.2, 0.25) is 5.02 Å².